The van der Waals surface area contributed by atoms with Gasteiger partial charge in [-0.25, -0.2) is 4.98 Å². The molecule has 2 aromatic heterocycles. The average molecular weight is 255 g/mol. The van der Waals surface area contributed by atoms with Crippen molar-refractivity contribution in [2.45, 2.75) is 13.0 Å². The van der Waals surface area contributed by atoms with Crippen LogP contribution in [-0.2, 0) is 0 Å². The van der Waals surface area contributed by atoms with Gasteiger partial charge in [0, 0.05) is 6.20 Å². The molecule has 3 aromatic rings. The first-order valence-corrected chi connectivity index (χ1v) is 5.98. The van der Waals surface area contributed by atoms with E-state index < -0.39 is 0 Å². The van der Waals surface area contributed by atoms with Gasteiger partial charge in [-0.1, -0.05) is 12.1 Å². The van der Waals surface area contributed by atoms with E-state index in [1.54, 1.807) is 6.20 Å². The topological polar surface area (TPSA) is 86.5 Å². The number of hydrogen-bond acceptors (Lipinski definition) is 3. The molecule has 0 aliphatic rings. The van der Waals surface area contributed by atoms with E-state index in [-0.39, 0.29) is 11.9 Å². The van der Waals surface area contributed by atoms with Crippen LogP contribution in [-0.4, -0.2) is 26.1 Å². The second-order valence-electron chi connectivity index (χ2n) is 4.32. The molecular weight excluding hydrogens is 242 g/mol. The molecule has 3 rings (SSSR count). The number of nitrogens with one attached hydrogen (secondary N) is 3. The highest BCUT2D eigenvalue weighted by atomic mass is 16.1. The van der Waals surface area contributed by atoms with E-state index in [0.29, 0.717) is 5.56 Å². The van der Waals surface area contributed by atoms with Crippen molar-refractivity contribution in [3.05, 3.63) is 48.0 Å². The van der Waals surface area contributed by atoms with Gasteiger partial charge in [0.1, 0.15) is 5.82 Å². The molecule has 1 aromatic carbocycles. The summed E-state index contributed by atoms with van der Waals surface area (Å²) in [5, 5.41) is 9.23. The third kappa shape index (κ3) is 2.20. The molecule has 1 unspecified atom stereocenters. The number of amides is 1. The summed E-state index contributed by atoms with van der Waals surface area (Å²) in [4.78, 5) is 19.5. The Kier molecular flexibility index (Phi) is 2.75. The largest absolute Gasteiger partial charge is 0.342 e. The second kappa shape index (κ2) is 4.56. The smallest absolute Gasteiger partial charge is 0.255 e. The number of fused-ring (bicyclic) bond motifs is 1. The summed E-state index contributed by atoms with van der Waals surface area (Å²) in [6, 6.07) is 7.56. The number of aromatic amines is 2. The van der Waals surface area contributed by atoms with E-state index in [1.807, 2.05) is 31.2 Å². The zero-order valence-electron chi connectivity index (χ0n) is 10.3. The number of H-pyrrole nitrogens is 2. The number of imidazole rings is 1. The van der Waals surface area contributed by atoms with Crippen molar-refractivity contribution < 1.29 is 4.79 Å². The molecule has 0 radical (unpaired) electrons. The van der Waals surface area contributed by atoms with Gasteiger partial charge in [-0.3, -0.25) is 9.89 Å². The lowest BCUT2D eigenvalue weighted by atomic mass is 10.2. The van der Waals surface area contributed by atoms with Crippen molar-refractivity contribution in [1.29, 1.82) is 0 Å². The van der Waals surface area contributed by atoms with Gasteiger partial charge >= 0.3 is 0 Å². The van der Waals surface area contributed by atoms with Crippen molar-refractivity contribution in [3.63, 3.8) is 0 Å². The fraction of sp³-hybridized carbons (Fsp3) is 0.154. The Balaban J connectivity index is 1.80. The number of carbonyl (C=O) groups excluding carboxylic acids is 1. The summed E-state index contributed by atoms with van der Waals surface area (Å²) in [5.41, 5.74) is 2.35. The maximum absolute atomic E-state index is 11.9. The van der Waals surface area contributed by atoms with Crippen LogP contribution in [0.4, 0.5) is 0 Å². The lowest BCUT2D eigenvalue weighted by Crippen LogP contribution is -2.27. The minimum atomic E-state index is -0.199. The molecule has 2 heterocycles. The van der Waals surface area contributed by atoms with Crippen LogP contribution in [0.25, 0.3) is 11.0 Å². The maximum atomic E-state index is 11.9. The second-order valence-corrected chi connectivity index (χ2v) is 4.32. The van der Waals surface area contributed by atoms with E-state index in [0.717, 1.165) is 16.9 Å². The molecule has 0 bridgehead atoms. The fourth-order valence-electron chi connectivity index (χ4n) is 1.90. The monoisotopic (exact) mass is 255 g/mol. The quantitative estimate of drug-likeness (QED) is 0.666. The molecule has 19 heavy (non-hydrogen) atoms. The van der Waals surface area contributed by atoms with Crippen molar-refractivity contribution in [3.8, 4) is 0 Å². The predicted octanol–water partition coefficient (Wildman–Crippen LogP) is 1.78. The molecule has 1 amide bonds. The minimum absolute atomic E-state index is 0.179. The van der Waals surface area contributed by atoms with E-state index in [9.17, 15) is 4.79 Å². The van der Waals surface area contributed by atoms with E-state index in [4.69, 9.17) is 0 Å². The minimum Gasteiger partial charge on any atom is -0.342 e. The van der Waals surface area contributed by atoms with Gasteiger partial charge in [-0.05, 0) is 19.1 Å². The van der Waals surface area contributed by atoms with Gasteiger partial charge in [0.25, 0.3) is 5.91 Å². The van der Waals surface area contributed by atoms with Crippen LogP contribution in [0.1, 0.15) is 29.1 Å². The lowest BCUT2D eigenvalue weighted by Gasteiger charge is -2.10. The summed E-state index contributed by atoms with van der Waals surface area (Å²) in [7, 11) is 0. The van der Waals surface area contributed by atoms with Crippen LogP contribution in [0, 0.1) is 0 Å². The van der Waals surface area contributed by atoms with Crippen LogP contribution >= 0.6 is 0 Å². The zero-order valence-corrected chi connectivity index (χ0v) is 10.3. The summed E-state index contributed by atoms with van der Waals surface area (Å²) in [5.74, 6) is 0.555. The van der Waals surface area contributed by atoms with Crippen molar-refractivity contribution in [1.82, 2.24) is 25.5 Å². The standard InChI is InChI=1S/C13H13N5O/c1-8(16-13(19)9-6-14-15-7-9)12-17-10-4-2-3-5-11(10)18-12/h2-8H,1H3,(H,14,15)(H,16,19)(H,17,18). The van der Waals surface area contributed by atoms with Crippen molar-refractivity contribution >= 4 is 16.9 Å². The van der Waals surface area contributed by atoms with Crippen molar-refractivity contribution in [2.24, 2.45) is 0 Å². The molecule has 0 spiro atoms. The molecule has 6 heteroatoms. The third-order valence-corrected chi connectivity index (χ3v) is 2.93. The Bertz CT molecular complexity index is 668. The number of nitrogens with zero attached hydrogens (tertiary/aromatic N) is 2. The molecule has 96 valence electrons. The number of rotatable bonds is 3. The van der Waals surface area contributed by atoms with Crippen LogP contribution in [0.2, 0.25) is 0 Å². The molecule has 0 saturated heterocycles. The Morgan fingerprint density at radius 2 is 2.21 bits per heavy atom. The summed E-state index contributed by atoms with van der Waals surface area (Å²) < 4.78 is 0. The Morgan fingerprint density at radius 3 is 2.95 bits per heavy atom. The van der Waals surface area contributed by atoms with Gasteiger partial charge in [0.2, 0.25) is 0 Å². The highest BCUT2D eigenvalue weighted by molar-refractivity contribution is 5.93. The summed E-state index contributed by atoms with van der Waals surface area (Å²) in [6.07, 6.45) is 3.04. The Morgan fingerprint density at radius 1 is 1.37 bits per heavy atom. The number of aromatic nitrogens is 4. The van der Waals surface area contributed by atoms with Gasteiger partial charge in [-0.15, -0.1) is 0 Å². The average Bonchev–Trinajstić information content (AvgIpc) is 3.07. The molecule has 1 atom stereocenters. The maximum Gasteiger partial charge on any atom is 0.255 e. The number of carbonyl (C=O) groups is 1. The van der Waals surface area contributed by atoms with Gasteiger partial charge in [-0.2, -0.15) is 5.10 Å². The highest BCUT2D eigenvalue weighted by Crippen LogP contribution is 2.15. The van der Waals surface area contributed by atoms with Gasteiger partial charge < -0.3 is 10.3 Å². The Labute approximate surface area is 109 Å². The van der Waals surface area contributed by atoms with Crippen LogP contribution in [0.15, 0.2) is 36.7 Å². The van der Waals surface area contributed by atoms with E-state index in [2.05, 4.69) is 25.5 Å². The van der Waals surface area contributed by atoms with Crippen LogP contribution in [0.3, 0.4) is 0 Å². The molecule has 0 aliphatic carbocycles. The number of para-hydroxylation sites is 2. The molecule has 0 saturated carbocycles. The molecular formula is C13H13N5O. The number of benzene rings is 1. The van der Waals surface area contributed by atoms with Gasteiger partial charge in [0.05, 0.1) is 28.8 Å². The first kappa shape index (κ1) is 11.5. The van der Waals surface area contributed by atoms with E-state index >= 15 is 0 Å². The SMILES string of the molecule is CC(NC(=O)c1cn[nH]c1)c1nc2ccccc2[nH]1. The normalized spacial score (nSPS) is 12.5. The van der Waals surface area contributed by atoms with Crippen LogP contribution < -0.4 is 5.32 Å². The third-order valence-electron chi connectivity index (χ3n) is 2.93. The van der Waals surface area contributed by atoms with Gasteiger partial charge in [0.15, 0.2) is 0 Å². The lowest BCUT2D eigenvalue weighted by molar-refractivity contribution is 0.0938. The molecule has 6 nitrogen and oxygen atoms in total. The first-order valence-electron chi connectivity index (χ1n) is 5.98. The van der Waals surface area contributed by atoms with E-state index in [1.165, 1.54) is 6.20 Å². The molecule has 3 N–H and O–H groups in total. The predicted molar refractivity (Wildman–Crippen MR) is 70.6 cm³/mol. The van der Waals surface area contributed by atoms with Crippen molar-refractivity contribution in [2.75, 3.05) is 0 Å². The first-order chi connectivity index (χ1) is 9.24. The summed E-state index contributed by atoms with van der Waals surface area (Å²) in [6.45, 7) is 1.88. The zero-order chi connectivity index (χ0) is 13.2. The number of hydrogen-bond donors (Lipinski definition) is 3. The molecule has 0 aliphatic heterocycles. The summed E-state index contributed by atoms with van der Waals surface area (Å²) >= 11 is 0. The highest BCUT2D eigenvalue weighted by Gasteiger charge is 2.15. The van der Waals surface area contributed by atoms with Crippen LogP contribution in [0.5, 0.6) is 0 Å². The fourth-order valence-corrected chi connectivity index (χ4v) is 1.90. The Hall–Kier alpha value is -2.63. The molecule has 0 fully saturated rings.